The average Bonchev–Trinajstić information content (AvgIpc) is 2.15. The molecule has 0 aliphatic carbocycles. The SMILES string of the molecule is Cc1cnc2nnccc2c1C(C)(C)C. The summed E-state index contributed by atoms with van der Waals surface area (Å²) in [5.74, 6) is 0. The molecular weight excluding hydrogens is 186 g/mol. The average molecular weight is 201 g/mol. The second-order valence-electron chi connectivity index (χ2n) is 4.83. The van der Waals surface area contributed by atoms with Gasteiger partial charge in [0.05, 0.1) is 6.20 Å². The number of hydrogen-bond donors (Lipinski definition) is 0. The van der Waals surface area contributed by atoms with Crippen molar-refractivity contribution in [2.24, 2.45) is 0 Å². The number of nitrogens with zero attached hydrogens (tertiary/aromatic N) is 3. The summed E-state index contributed by atoms with van der Waals surface area (Å²) >= 11 is 0. The molecule has 2 rings (SSSR count). The summed E-state index contributed by atoms with van der Waals surface area (Å²) < 4.78 is 0. The first kappa shape index (κ1) is 10.0. The minimum Gasteiger partial charge on any atom is -0.235 e. The van der Waals surface area contributed by atoms with E-state index in [4.69, 9.17) is 0 Å². The van der Waals surface area contributed by atoms with Crippen LogP contribution in [0.4, 0.5) is 0 Å². The first-order valence-electron chi connectivity index (χ1n) is 5.07. The Bertz CT molecular complexity index is 498. The van der Waals surface area contributed by atoms with Gasteiger partial charge in [0, 0.05) is 11.6 Å². The quantitative estimate of drug-likeness (QED) is 0.657. The molecule has 0 aliphatic heterocycles. The summed E-state index contributed by atoms with van der Waals surface area (Å²) in [6.45, 7) is 8.70. The van der Waals surface area contributed by atoms with E-state index in [-0.39, 0.29) is 5.41 Å². The molecule has 0 aromatic carbocycles. The highest BCUT2D eigenvalue weighted by Gasteiger charge is 2.20. The summed E-state index contributed by atoms with van der Waals surface area (Å²) in [5.41, 5.74) is 3.35. The molecule has 0 unspecified atom stereocenters. The second kappa shape index (κ2) is 3.26. The van der Waals surface area contributed by atoms with Gasteiger partial charge in [-0.3, -0.25) is 0 Å². The molecule has 0 radical (unpaired) electrons. The van der Waals surface area contributed by atoms with Gasteiger partial charge in [-0.2, -0.15) is 5.10 Å². The molecule has 2 heterocycles. The molecule has 0 amide bonds. The van der Waals surface area contributed by atoms with Crippen molar-refractivity contribution in [1.29, 1.82) is 0 Å². The topological polar surface area (TPSA) is 38.7 Å². The predicted molar refractivity (Wildman–Crippen MR) is 60.8 cm³/mol. The number of fused-ring (bicyclic) bond motifs is 1. The number of hydrogen-bond acceptors (Lipinski definition) is 3. The molecule has 0 atom stereocenters. The highest BCUT2D eigenvalue weighted by atomic mass is 15.1. The number of pyridine rings is 1. The largest absolute Gasteiger partial charge is 0.235 e. The Kier molecular flexibility index (Phi) is 2.18. The van der Waals surface area contributed by atoms with Crippen molar-refractivity contribution >= 4 is 11.0 Å². The number of rotatable bonds is 0. The van der Waals surface area contributed by atoms with Gasteiger partial charge in [-0.05, 0) is 29.5 Å². The molecule has 0 saturated heterocycles. The fraction of sp³-hybridized carbons (Fsp3) is 0.417. The van der Waals surface area contributed by atoms with Crippen LogP contribution in [-0.4, -0.2) is 15.2 Å². The van der Waals surface area contributed by atoms with Crippen LogP contribution in [0.5, 0.6) is 0 Å². The molecule has 2 aromatic rings. The van der Waals surface area contributed by atoms with Crippen LogP contribution in [0.15, 0.2) is 18.5 Å². The van der Waals surface area contributed by atoms with Gasteiger partial charge >= 0.3 is 0 Å². The van der Waals surface area contributed by atoms with Gasteiger partial charge in [0.25, 0.3) is 0 Å². The van der Waals surface area contributed by atoms with Gasteiger partial charge < -0.3 is 0 Å². The van der Waals surface area contributed by atoms with Crippen LogP contribution < -0.4 is 0 Å². The molecule has 0 bridgehead atoms. The third-order valence-electron chi connectivity index (χ3n) is 2.50. The van der Waals surface area contributed by atoms with Gasteiger partial charge in [0.15, 0.2) is 5.65 Å². The second-order valence-corrected chi connectivity index (χ2v) is 4.83. The fourth-order valence-corrected chi connectivity index (χ4v) is 2.05. The van der Waals surface area contributed by atoms with E-state index in [0.29, 0.717) is 0 Å². The molecule has 2 aromatic heterocycles. The highest BCUT2D eigenvalue weighted by Crippen LogP contribution is 2.30. The summed E-state index contributed by atoms with van der Waals surface area (Å²) in [5, 5.41) is 9.00. The number of aromatic nitrogens is 3. The Morgan fingerprint density at radius 2 is 1.93 bits per heavy atom. The lowest BCUT2D eigenvalue weighted by Crippen LogP contribution is -2.14. The van der Waals surface area contributed by atoms with E-state index in [1.807, 2.05) is 12.3 Å². The van der Waals surface area contributed by atoms with Crippen molar-refractivity contribution in [2.75, 3.05) is 0 Å². The fourth-order valence-electron chi connectivity index (χ4n) is 2.05. The van der Waals surface area contributed by atoms with Crippen LogP contribution in [0.3, 0.4) is 0 Å². The van der Waals surface area contributed by atoms with Crippen molar-refractivity contribution < 1.29 is 0 Å². The van der Waals surface area contributed by atoms with Crippen molar-refractivity contribution in [3.63, 3.8) is 0 Å². The van der Waals surface area contributed by atoms with Crippen LogP contribution >= 0.6 is 0 Å². The third-order valence-corrected chi connectivity index (χ3v) is 2.50. The molecule has 0 saturated carbocycles. The Balaban J connectivity index is 2.86. The third kappa shape index (κ3) is 1.69. The van der Waals surface area contributed by atoms with Crippen molar-refractivity contribution in [1.82, 2.24) is 15.2 Å². The zero-order valence-corrected chi connectivity index (χ0v) is 9.57. The van der Waals surface area contributed by atoms with Gasteiger partial charge in [-0.15, -0.1) is 5.10 Å². The van der Waals surface area contributed by atoms with Gasteiger partial charge in [-0.25, -0.2) is 4.98 Å². The van der Waals surface area contributed by atoms with E-state index in [9.17, 15) is 0 Å². The molecule has 78 valence electrons. The van der Waals surface area contributed by atoms with Gasteiger partial charge in [0.1, 0.15) is 0 Å². The lowest BCUT2D eigenvalue weighted by molar-refractivity contribution is 0.591. The Labute approximate surface area is 89.6 Å². The van der Waals surface area contributed by atoms with Crippen LogP contribution in [0, 0.1) is 6.92 Å². The van der Waals surface area contributed by atoms with Crippen LogP contribution in [0.25, 0.3) is 11.0 Å². The minimum atomic E-state index is 0.105. The van der Waals surface area contributed by atoms with E-state index in [0.717, 1.165) is 11.0 Å². The van der Waals surface area contributed by atoms with Gasteiger partial charge in [-0.1, -0.05) is 20.8 Å². The Hall–Kier alpha value is -1.51. The summed E-state index contributed by atoms with van der Waals surface area (Å²) in [4.78, 5) is 4.28. The predicted octanol–water partition coefficient (Wildman–Crippen LogP) is 2.63. The molecule has 0 N–H and O–H groups in total. The summed E-state index contributed by atoms with van der Waals surface area (Å²) in [6.07, 6.45) is 3.59. The summed E-state index contributed by atoms with van der Waals surface area (Å²) in [6, 6.07) is 1.99. The maximum Gasteiger partial charge on any atom is 0.182 e. The van der Waals surface area contributed by atoms with E-state index in [1.54, 1.807) is 6.20 Å². The molecule has 0 aliphatic rings. The lowest BCUT2D eigenvalue weighted by atomic mass is 9.83. The molecule has 3 nitrogen and oxygen atoms in total. The number of aryl methyl sites for hydroxylation is 1. The Morgan fingerprint density at radius 3 is 2.60 bits per heavy atom. The standard InChI is InChI=1S/C12H15N3/c1-8-7-13-11-9(5-6-14-15-11)10(8)12(2,3)4/h5-7H,1-4H3. The van der Waals surface area contributed by atoms with E-state index in [2.05, 4.69) is 42.9 Å². The normalized spacial score (nSPS) is 12.0. The zero-order valence-electron chi connectivity index (χ0n) is 9.57. The zero-order chi connectivity index (χ0) is 11.1. The lowest BCUT2D eigenvalue weighted by Gasteiger charge is -2.22. The van der Waals surface area contributed by atoms with Crippen molar-refractivity contribution in [2.45, 2.75) is 33.1 Å². The van der Waals surface area contributed by atoms with Crippen molar-refractivity contribution in [3.8, 4) is 0 Å². The van der Waals surface area contributed by atoms with Crippen LogP contribution in [0.1, 0.15) is 31.9 Å². The Morgan fingerprint density at radius 1 is 1.20 bits per heavy atom. The highest BCUT2D eigenvalue weighted by molar-refractivity contribution is 5.80. The first-order valence-corrected chi connectivity index (χ1v) is 5.07. The van der Waals surface area contributed by atoms with Crippen LogP contribution in [0.2, 0.25) is 0 Å². The molecule has 0 spiro atoms. The maximum atomic E-state index is 4.28. The monoisotopic (exact) mass is 201 g/mol. The van der Waals surface area contributed by atoms with Crippen molar-refractivity contribution in [3.05, 3.63) is 29.6 Å². The molecule has 0 fully saturated rings. The van der Waals surface area contributed by atoms with E-state index < -0.39 is 0 Å². The first-order chi connectivity index (χ1) is 7.00. The van der Waals surface area contributed by atoms with Gasteiger partial charge in [0.2, 0.25) is 0 Å². The summed E-state index contributed by atoms with van der Waals surface area (Å²) in [7, 11) is 0. The molecule has 15 heavy (non-hydrogen) atoms. The molecule has 3 heteroatoms. The maximum absolute atomic E-state index is 4.28. The van der Waals surface area contributed by atoms with E-state index in [1.165, 1.54) is 11.1 Å². The van der Waals surface area contributed by atoms with E-state index >= 15 is 0 Å². The minimum absolute atomic E-state index is 0.105. The van der Waals surface area contributed by atoms with Crippen LogP contribution in [-0.2, 0) is 5.41 Å². The molecular formula is C12H15N3. The smallest absolute Gasteiger partial charge is 0.182 e.